The summed E-state index contributed by atoms with van der Waals surface area (Å²) in [7, 11) is 0. The third-order valence-corrected chi connectivity index (χ3v) is 3.17. The number of hydrogen-bond acceptors (Lipinski definition) is 3. The lowest BCUT2D eigenvalue weighted by Crippen LogP contribution is -2.33. The van der Waals surface area contributed by atoms with Crippen molar-refractivity contribution >= 4 is 29.1 Å². The molecule has 1 aromatic rings. The first-order valence-electron chi connectivity index (χ1n) is 6.09. The van der Waals surface area contributed by atoms with Gasteiger partial charge in [0, 0.05) is 23.7 Å². The van der Waals surface area contributed by atoms with Crippen molar-refractivity contribution in [2.45, 2.75) is 13.3 Å². The first kappa shape index (κ1) is 13.8. The van der Waals surface area contributed by atoms with E-state index in [-0.39, 0.29) is 18.2 Å². The Kier molecular flexibility index (Phi) is 4.39. The largest absolute Gasteiger partial charge is 0.312 e. The monoisotopic (exact) mass is 282 g/mol. The number of hydrogen-bond donors (Lipinski definition) is 1. The lowest BCUT2D eigenvalue weighted by atomic mass is 10.1. The highest BCUT2D eigenvalue weighted by atomic mass is 35.5. The van der Waals surface area contributed by atoms with Crippen molar-refractivity contribution in [1.29, 1.82) is 0 Å². The highest BCUT2D eigenvalue weighted by molar-refractivity contribution is 6.30. The molecule has 1 N–H and O–H groups in total. The molecular formula is C13H15ClN2O3. The highest BCUT2D eigenvalue weighted by Gasteiger charge is 2.35. The Morgan fingerprint density at radius 1 is 1.58 bits per heavy atom. The Labute approximate surface area is 116 Å². The maximum absolute atomic E-state index is 11.9. The van der Waals surface area contributed by atoms with E-state index in [1.54, 1.807) is 36.1 Å². The summed E-state index contributed by atoms with van der Waals surface area (Å²) >= 11 is 5.90. The van der Waals surface area contributed by atoms with Crippen molar-refractivity contribution in [2.24, 2.45) is 5.92 Å². The molecule has 0 aromatic heterocycles. The van der Waals surface area contributed by atoms with Crippen LogP contribution in [0.2, 0.25) is 5.02 Å². The van der Waals surface area contributed by atoms with Gasteiger partial charge in [0.2, 0.25) is 11.8 Å². The van der Waals surface area contributed by atoms with Crippen LogP contribution in [0.3, 0.4) is 0 Å². The van der Waals surface area contributed by atoms with E-state index in [0.717, 1.165) is 0 Å². The fourth-order valence-corrected chi connectivity index (χ4v) is 2.19. The van der Waals surface area contributed by atoms with Crippen LogP contribution in [0, 0.1) is 5.92 Å². The van der Waals surface area contributed by atoms with Crippen LogP contribution < -0.4 is 10.4 Å². The Morgan fingerprint density at radius 2 is 2.37 bits per heavy atom. The van der Waals surface area contributed by atoms with Crippen molar-refractivity contribution in [1.82, 2.24) is 5.48 Å². The number of amides is 2. The van der Waals surface area contributed by atoms with Crippen LogP contribution in [-0.2, 0) is 14.4 Å². The maximum atomic E-state index is 11.9. The molecule has 1 heterocycles. The maximum Gasteiger partial charge on any atom is 0.248 e. The summed E-state index contributed by atoms with van der Waals surface area (Å²) in [6.45, 7) is 2.51. The quantitative estimate of drug-likeness (QED) is 0.856. The van der Waals surface area contributed by atoms with Crippen LogP contribution in [0.15, 0.2) is 24.3 Å². The predicted octanol–water partition coefficient (Wildman–Crippen LogP) is 1.76. The lowest BCUT2D eigenvalue weighted by molar-refractivity contribution is -0.137. The number of rotatable bonds is 4. The van der Waals surface area contributed by atoms with E-state index in [9.17, 15) is 9.59 Å². The van der Waals surface area contributed by atoms with Gasteiger partial charge in [0.15, 0.2) is 0 Å². The highest BCUT2D eigenvalue weighted by Crippen LogP contribution is 2.27. The molecule has 1 atom stereocenters. The van der Waals surface area contributed by atoms with E-state index in [1.807, 2.05) is 0 Å². The summed E-state index contributed by atoms with van der Waals surface area (Å²) < 4.78 is 0. The second kappa shape index (κ2) is 6.04. The molecule has 1 aliphatic rings. The zero-order chi connectivity index (χ0) is 13.8. The van der Waals surface area contributed by atoms with Gasteiger partial charge in [0.05, 0.1) is 12.5 Å². The summed E-state index contributed by atoms with van der Waals surface area (Å²) in [6, 6.07) is 7.03. The number of carbonyl (C=O) groups excluding carboxylic acids is 2. The van der Waals surface area contributed by atoms with E-state index in [0.29, 0.717) is 23.9 Å². The predicted molar refractivity (Wildman–Crippen MR) is 71.7 cm³/mol. The van der Waals surface area contributed by atoms with Crippen LogP contribution >= 0.6 is 11.6 Å². The van der Waals surface area contributed by atoms with Gasteiger partial charge in [-0.3, -0.25) is 14.4 Å². The van der Waals surface area contributed by atoms with Gasteiger partial charge in [-0.1, -0.05) is 17.7 Å². The van der Waals surface area contributed by atoms with E-state index in [4.69, 9.17) is 16.4 Å². The average molecular weight is 283 g/mol. The van der Waals surface area contributed by atoms with E-state index in [1.165, 1.54) is 0 Å². The molecular weight excluding hydrogens is 268 g/mol. The van der Waals surface area contributed by atoms with E-state index >= 15 is 0 Å². The van der Waals surface area contributed by atoms with Crippen molar-refractivity contribution in [2.75, 3.05) is 18.1 Å². The molecule has 102 valence electrons. The molecule has 0 aliphatic carbocycles. The van der Waals surface area contributed by atoms with Crippen molar-refractivity contribution in [3.63, 3.8) is 0 Å². The Morgan fingerprint density at radius 3 is 3.05 bits per heavy atom. The Bertz CT molecular complexity index is 493. The first-order valence-corrected chi connectivity index (χ1v) is 6.47. The zero-order valence-electron chi connectivity index (χ0n) is 10.6. The number of anilines is 1. The number of carbonyl (C=O) groups is 2. The minimum Gasteiger partial charge on any atom is -0.312 e. The van der Waals surface area contributed by atoms with Gasteiger partial charge in [-0.25, -0.2) is 5.48 Å². The minimum atomic E-state index is -0.391. The van der Waals surface area contributed by atoms with Crippen molar-refractivity contribution in [3.8, 4) is 0 Å². The second-order valence-corrected chi connectivity index (χ2v) is 4.72. The van der Waals surface area contributed by atoms with Crippen LogP contribution in [0.4, 0.5) is 5.69 Å². The number of nitrogens with one attached hydrogen (secondary N) is 1. The van der Waals surface area contributed by atoms with Gasteiger partial charge in [-0.05, 0) is 25.1 Å². The Balaban J connectivity index is 2.05. The first-order chi connectivity index (χ1) is 9.11. The number of hydroxylamine groups is 1. The standard InChI is InChI=1S/C13H15ClN2O3/c1-2-19-15-13(18)9-6-12(17)16(8-9)11-5-3-4-10(14)7-11/h3-5,7,9H,2,6,8H2,1H3,(H,15,18). The Hall–Kier alpha value is -1.59. The SMILES string of the molecule is CCONC(=O)C1CC(=O)N(c2cccc(Cl)c2)C1. The third kappa shape index (κ3) is 3.24. The second-order valence-electron chi connectivity index (χ2n) is 4.28. The molecule has 2 amide bonds. The molecule has 2 rings (SSSR count). The smallest absolute Gasteiger partial charge is 0.248 e. The fourth-order valence-electron chi connectivity index (χ4n) is 2.00. The molecule has 0 bridgehead atoms. The minimum absolute atomic E-state index is 0.0843. The summed E-state index contributed by atoms with van der Waals surface area (Å²) in [5, 5.41) is 0.563. The molecule has 0 spiro atoms. The molecule has 1 aliphatic heterocycles. The van der Waals surface area contributed by atoms with E-state index < -0.39 is 5.92 Å². The van der Waals surface area contributed by atoms with Crippen LogP contribution in [-0.4, -0.2) is 25.0 Å². The summed E-state index contributed by atoms with van der Waals surface area (Å²) in [5.74, 6) is -0.739. The fraction of sp³-hybridized carbons (Fsp3) is 0.385. The molecule has 1 unspecified atom stereocenters. The third-order valence-electron chi connectivity index (χ3n) is 2.93. The van der Waals surface area contributed by atoms with E-state index in [2.05, 4.69) is 5.48 Å². The topological polar surface area (TPSA) is 58.6 Å². The zero-order valence-corrected chi connectivity index (χ0v) is 11.3. The summed E-state index contributed by atoms with van der Waals surface area (Å²) in [5.41, 5.74) is 3.05. The van der Waals surface area contributed by atoms with Crippen LogP contribution in [0.25, 0.3) is 0 Å². The number of halogens is 1. The van der Waals surface area contributed by atoms with Crippen LogP contribution in [0.5, 0.6) is 0 Å². The molecule has 0 saturated carbocycles. The average Bonchev–Trinajstić information content (AvgIpc) is 2.78. The number of benzene rings is 1. The molecule has 5 nitrogen and oxygen atoms in total. The van der Waals surface area contributed by atoms with Gasteiger partial charge in [0.25, 0.3) is 0 Å². The lowest BCUT2D eigenvalue weighted by Gasteiger charge is -2.16. The van der Waals surface area contributed by atoms with Crippen LogP contribution in [0.1, 0.15) is 13.3 Å². The van der Waals surface area contributed by atoms with Gasteiger partial charge < -0.3 is 4.90 Å². The molecule has 1 aromatic carbocycles. The van der Waals surface area contributed by atoms with Gasteiger partial charge >= 0.3 is 0 Å². The van der Waals surface area contributed by atoms with Gasteiger partial charge in [-0.15, -0.1) is 0 Å². The summed E-state index contributed by atoms with van der Waals surface area (Å²) in [6.07, 6.45) is 0.186. The molecule has 1 fully saturated rings. The van der Waals surface area contributed by atoms with Crippen molar-refractivity contribution in [3.05, 3.63) is 29.3 Å². The molecule has 0 radical (unpaired) electrons. The molecule has 6 heteroatoms. The number of nitrogens with zero attached hydrogens (tertiary/aromatic N) is 1. The molecule has 19 heavy (non-hydrogen) atoms. The van der Waals surface area contributed by atoms with Crippen molar-refractivity contribution < 1.29 is 14.4 Å². The summed E-state index contributed by atoms with van der Waals surface area (Å²) in [4.78, 5) is 30.1. The normalized spacial score (nSPS) is 18.7. The molecule has 1 saturated heterocycles. The van der Waals surface area contributed by atoms with Gasteiger partial charge in [0.1, 0.15) is 0 Å². The van der Waals surface area contributed by atoms with Gasteiger partial charge in [-0.2, -0.15) is 0 Å².